The number of fused-ring (bicyclic) bond motifs is 1. The van der Waals surface area contributed by atoms with Gasteiger partial charge in [0.2, 0.25) is 0 Å². The van der Waals surface area contributed by atoms with Crippen LogP contribution >= 0.6 is 0 Å². The first-order valence-corrected chi connectivity index (χ1v) is 6.04. The van der Waals surface area contributed by atoms with Gasteiger partial charge < -0.3 is 15.2 Å². The summed E-state index contributed by atoms with van der Waals surface area (Å²) in [5.41, 5.74) is 6.40. The molecule has 1 aromatic rings. The second-order valence-corrected chi connectivity index (χ2v) is 4.94. The lowest BCUT2D eigenvalue weighted by molar-refractivity contribution is 0.295. The van der Waals surface area contributed by atoms with Gasteiger partial charge in [0.25, 0.3) is 0 Å². The fourth-order valence-electron chi connectivity index (χ4n) is 2.12. The molecular weight excluding hydrogens is 221 g/mol. The summed E-state index contributed by atoms with van der Waals surface area (Å²) in [5, 5.41) is 0. The van der Waals surface area contributed by atoms with Gasteiger partial charge in [-0.15, -0.1) is 0 Å². The fourth-order valence-corrected chi connectivity index (χ4v) is 2.12. The van der Waals surface area contributed by atoms with E-state index in [2.05, 4.69) is 0 Å². The van der Waals surface area contributed by atoms with Crippen molar-refractivity contribution in [2.45, 2.75) is 31.2 Å². The lowest BCUT2D eigenvalue weighted by atomic mass is 10.0. The number of benzene rings is 1. The first kappa shape index (κ1) is 10.8. The second-order valence-electron chi connectivity index (χ2n) is 4.94. The Morgan fingerprint density at radius 3 is 2.76 bits per heavy atom. The van der Waals surface area contributed by atoms with Crippen LogP contribution in [0.2, 0.25) is 0 Å². The molecule has 0 amide bonds. The maximum absolute atomic E-state index is 13.9. The van der Waals surface area contributed by atoms with Crippen molar-refractivity contribution < 1.29 is 13.9 Å². The highest BCUT2D eigenvalue weighted by molar-refractivity contribution is 5.49. The monoisotopic (exact) mass is 237 g/mol. The maximum Gasteiger partial charge on any atom is 0.167 e. The number of ether oxygens (including phenoxy) is 2. The summed E-state index contributed by atoms with van der Waals surface area (Å²) in [6.45, 7) is 1.19. The van der Waals surface area contributed by atoms with Gasteiger partial charge in [-0.1, -0.05) is 0 Å². The Morgan fingerprint density at radius 2 is 2.00 bits per heavy atom. The van der Waals surface area contributed by atoms with E-state index in [1.54, 1.807) is 6.07 Å². The summed E-state index contributed by atoms with van der Waals surface area (Å²) in [4.78, 5) is 0. The first-order chi connectivity index (χ1) is 8.18. The van der Waals surface area contributed by atoms with E-state index in [0.717, 1.165) is 19.3 Å². The van der Waals surface area contributed by atoms with Crippen LogP contribution in [0.3, 0.4) is 0 Å². The normalized spacial score (nSPS) is 20.8. The average Bonchev–Trinajstić information content (AvgIpc) is 3.06. The molecule has 0 radical (unpaired) electrons. The minimum Gasteiger partial charge on any atom is -0.490 e. The highest BCUT2D eigenvalue weighted by Crippen LogP contribution is 2.42. The molecule has 2 aliphatic rings. The van der Waals surface area contributed by atoms with Crippen LogP contribution in [0.4, 0.5) is 4.39 Å². The summed E-state index contributed by atoms with van der Waals surface area (Å²) >= 11 is 0. The molecule has 1 aromatic carbocycles. The smallest absolute Gasteiger partial charge is 0.167 e. The van der Waals surface area contributed by atoms with Gasteiger partial charge in [0.15, 0.2) is 11.5 Å². The minimum absolute atomic E-state index is 0.231. The summed E-state index contributed by atoms with van der Waals surface area (Å²) in [7, 11) is 0. The van der Waals surface area contributed by atoms with E-state index in [0.29, 0.717) is 36.7 Å². The van der Waals surface area contributed by atoms with E-state index in [4.69, 9.17) is 15.2 Å². The molecule has 0 unspecified atom stereocenters. The van der Waals surface area contributed by atoms with Crippen molar-refractivity contribution in [3.05, 3.63) is 23.5 Å². The van der Waals surface area contributed by atoms with Crippen LogP contribution in [0.1, 0.15) is 24.8 Å². The summed E-state index contributed by atoms with van der Waals surface area (Å²) in [5.74, 6) is 0.952. The third-order valence-electron chi connectivity index (χ3n) is 3.38. The fraction of sp³-hybridized carbons (Fsp3) is 0.538. The number of halogens is 1. The predicted octanol–water partition coefficient (Wildman–Crippen LogP) is 2.02. The highest BCUT2D eigenvalue weighted by atomic mass is 19.1. The van der Waals surface area contributed by atoms with Gasteiger partial charge >= 0.3 is 0 Å². The van der Waals surface area contributed by atoms with Gasteiger partial charge in [-0.3, -0.25) is 0 Å². The molecule has 0 bridgehead atoms. The van der Waals surface area contributed by atoms with Gasteiger partial charge in [0, 0.05) is 17.5 Å². The van der Waals surface area contributed by atoms with Crippen LogP contribution in [-0.2, 0) is 6.42 Å². The molecule has 4 heteroatoms. The minimum atomic E-state index is -0.244. The first-order valence-electron chi connectivity index (χ1n) is 6.04. The zero-order chi connectivity index (χ0) is 11.9. The average molecular weight is 237 g/mol. The van der Waals surface area contributed by atoms with Crippen LogP contribution in [0.25, 0.3) is 0 Å². The molecule has 1 aliphatic heterocycles. The summed E-state index contributed by atoms with van der Waals surface area (Å²) in [6, 6.07) is 3.07. The molecule has 17 heavy (non-hydrogen) atoms. The lowest BCUT2D eigenvalue weighted by Crippen LogP contribution is -2.25. The molecule has 1 aliphatic carbocycles. The Morgan fingerprint density at radius 1 is 1.24 bits per heavy atom. The third-order valence-corrected chi connectivity index (χ3v) is 3.38. The Hall–Kier alpha value is -1.29. The number of nitrogens with two attached hydrogens (primary N) is 1. The van der Waals surface area contributed by atoms with Gasteiger partial charge in [0.1, 0.15) is 5.82 Å². The Balaban J connectivity index is 1.99. The van der Waals surface area contributed by atoms with Crippen molar-refractivity contribution >= 4 is 0 Å². The molecule has 0 spiro atoms. The molecule has 1 saturated carbocycles. The Bertz CT molecular complexity index is 443. The Kier molecular flexibility index (Phi) is 2.47. The Labute approximate surface area is 99.7 Å². The van der Waals surface area contributed by atoms with Crippen LogP contribution < -0.4 is 15.2 Å². The molecule has 1 fully saturated rings. The van der Waals surface area contributed by atoms with Crippen molar-refractivity contribution in [2.24, 2.45) is 5.73 Å². The standard InChI is InChI=1S/C13H16FNO2/c14-10-2-3-11-12(17-7-1-6-16-11)9(10)8-13(15)4-5-13/h2-3H,1,4-8,15H2. The highest BCUT2D eigenvalue weighted by Gasteiger charge is 2.40. The van der Waals surface area contributed by atoms with Gasteiger partial charge in [0.05, 0.1) is 13.2 Å². The van der Waals surface area contributed by atoms with Crippen LogP contribution in [-0.4, -0.2) is 18.8 Å². The summed E-state index contributed by atoms with van der Waals surface area (Å²) in [6.07, 6.45) is 3.27. The molecule has 92 valence electrons. The maximum atomic E-state index is 13.9. The van der Waals surface area contributed by atoms with Crippen molar-refractivity contribution in [1.82, 2.24) is 0 Å². The van der Waals surface area contributed by atoms with E-state index < -0.39 is 0 Å². The zero-order valence-corrected chi connectivity index (χ0v) is 9.67. The number of hydrogen-bond donors (Lipinski definition) is 1. The van der Waals surface area contributed by atoms with E-state index in [1.807, 2.05) is 0 Å². The lowest BCUT2D eigenvalue weighted by Gasteiger charge is -2.16. The summed E-state index contributed by atoms with van der Waals surface area (Å²) < 4.78 is 25.0. The van der Waals surface area contributed by atoms with Crippen molar-refractivity contribution in [2.75, 3.05) is 13.2 Å². The predicted molar refractivity (Wildman–Crippen MR) is 61.9 cm³/mol. The van der Waals surface area contributed by atoms with Gasteiger partial charge in [-0.05, 0) is 31.4 Å². The topological polar surface area (TPSA) is 44.5 Å². The molecular formula is C13H16FNO2. The van der Waals surface area contributed by atoms with Gasteiger partial charge in [-0.25, -0.2) is 4.39 Å². The zero-order valence-electron chi connectivity index (χ0n) is 9.67. The largest absolute Gasteiger partial charge is 0.490 e. The second kappa shape index (κ2) is 3.88. The SMILES string of the molecule is NC1(Cc2c(F)ccc3c2OCCCO3)CC1. The van der Waals surface area contributed by atoms with E-state index in [-0.39, 0.29) is 11.4 Å². The molecule has 2 N–H and O–H groups in total. The van der Waals surface area contributed by atoms with Crippen molar-refractivity contribution in [1.29, 1.82) is 0 Å². The van der Waals surface area contributed by atoms with Crippen molar-refractivity contribution in [3.63, 3.8) is 0 Å². The number of rotatable bonds is 2. The van der Waals surface area contributed by atoms with Crippen molar-refractivity contribution in [3.8, 4) is 11.5 Å². The molecule has 0 aromatic heterocycles. The van der Waals surface area contributed by atoms with Crippen LogP contribution in [0, 0.1) is 5.82 Å². The van der Waals surface area contributed by atoms with E-state index in [9.17, 15) is 4.39 Å². The molecule has 1 heterocycles. The third kappa shape index (κ3) is 2.09. The van der Waals surface area contributed by atoms with E-state index in [1.165, 1.54) is 6.07 Å². The molecule has 3 nitrogen and oxygen atoms in total. The van der Waals surface area contributed by atoms with Gasteiger partial charge in [-0.2, -0.15) is 0 Å². The quantitative estimate of drug-likeness (QED) is 0.855. The molecule has 3 rings (SSSR count). The van der Waals surface area contributed by atoms with E-state index >= 15 is 0 Å². The van der Waals surface area contributed by atoms with Crippen LogP contribution in [0.5, 0.6) is 11.5 Å². The molecule has 0 atom stereocenters. The number of hydrogen-bond acceptors (Lipinski definition) is 3. The van der Waals surface area contributed by atoms with Crippen LogP contribution in [0.15, 0.2) is 12.1 Å². The molecule has 0 saturated heterocycles.